The predicted octanol–water partition coefficient (Wildman–Crippen LogP) is 2.09. The largest absolute Gasteiger partial charge is 0.508 e. The number of nitrogens with zero attached hydrogens (tertiary/aromatic N) is 2. The molecular formula is C10H8N2O3. The molecule has 0 amide bonds. The second-order valence-corrected chi connectivity index (χ2v) is 3.02. The normalized spacial score (nSPS) is 10.1. The van der Waals surface area contributed by atoms with Crippen LogP contribution < -0.4 is 0 Å². The van der Waals surface area contributed by atoms with Crippen LogP contribution in [-0.2, 0) is 0 Å². The lowest BCUT2D eigenvalue weighted by atomic mass is 10.2. The van der Waals surface area contributed by atoms with E-state index in [2.05, 4.69) is 0 Å². The van der Waals surface area contributed by atoms with Gasteiger partial charge in [0.2, 0.25) is 0 Å². The predicted molar refractivity (Wildman–Crippen MR) is 54.1 cm³/mol. The summed E-state index contributed by atoms with van der Waals surface area (Å²) < 4.78 is 1.62. The van der Waals surface area contributed by atoms with E-state index in [1.54, 1.807) is 29.1 Å². The zero-order chi connectivity index (χ0) is 10.8. The van der Waals surface area contributed by atoms with Crippen molar-refractivity contribution in [2.75, 3.05) is 0 Å². The van der Waals surface area contributed by atoms with Gasteiger partial charge in [-0.2, -0.15) is 0 Å². The number of hydrogen-bond donors (Lipinski definition) is 1. The van der Waals surface area contributed by atoms with E-state index in [0.717, 1.165) is 6.07 Å². The van der Waals surface area contributed by atoms with Crippen molar-refractivity contribution in [3.05, 3.63) is 52.8 Å². The van der Waals surface area contributed by atoms with Crippen LogP contribution in [0, 0.1) is 10.1 Å². The van der Waals surface area contributed by atoms with E-state index in [9.17, 15) is 15.2 Å². The van der Waals surface area contributed by atoms with Gasteiger partial charge in [0.15, 0.2) is 0 Å². The van der Waals surface area contributed by atoms with Crippen molar-refractivity contribution in [2.24, 2.45) is 0 Å². The molecule has 0 aliphatic carbocycles. The summed E-state index contributed by atoms with van der Waals surface area (Å²) >= 11 is 0. The Hall–Kier alpha value is -2.30. The summed E-state index contributed by atoms with van der Waals surface area (Å²) in [6.45, 7) is 0. The van der Waals surface area contributed by atoms with E-state index in [4.69, 9.17) is 0 Å². The molecule has 0 spiro atoms. The Kier molecular flexibility index (Phi) is 2.13. The molecule has 2 aromatic rings. The Labute approximate surface area is 85.4 Å². The number of phenols is 1. The van der Waals surface area contributed by atoms with Gasteiger partial charge in [0.1, 0.15) is 11.4 Å². The first-order chi connectivity index (χ1) is 7.18. The minimum Gasteiger partial charge on any atom is -0.508 e. The standard InChI is InChI=1S/C10H8N2O3/c13-8-3-4-9(10(7-8)12(14)15)11-5-1-2-6-11/h1-7,13H. The Morgan fingerprint density at radius 2 is 1.93 bits per heavy atom. The monoisotopic (exact) mass is 204 g/mol. The summed E-state index contributed by atoms with van der Waals surface area (Å²) in [4.78, 5) is 10.2. The third-order valence-corrected chi connectivity index (χ3v) is 2.04. The lowest BCUT2D eigenvalue weighted by Crippen LogP contribution is -1.97. The maximum absolute atomic E-state index is 10.8. The van der Waals surface area contributed by atoms with Crippen LogP contribution in [0.3, 0.4) is 0 Å². The molecule has 0 unspecified atom stereocenters. The number of hydrogen-bond acceptors (Lipinski definition) is 3. The second-order valence-electron chi connectivity index (χ2n) is 3.02. The van der Waals surface area contributed by atoms with E-state index < -0.39 is 4.92 Å². The van der Waals surface area contributed by atoms with E-state index in [1.807, 2.05) is 0 Å². The molecule has 0 aliphatic heterocycles. The summed E-state index contributed by atoms with van der Waals surface area (Å²) in [5.74, 6) is -0.113. The van der Waals surface area contributed by atoms with Crippen molar-refractivity contribution in [3.63, 3.8) is 0 Å². The van der Waals surface area contributed by atoms with Crippen molar-refractivity contribution < 1.29 is 10.0 Å². The highest BCUT2D eigenvalue weighted by Crippen LogP contribution is 2.26. The molecule has 0 radical (unpaired) electrons. The average Bonchev–Trinajstić information content (AvgIpc) is 2.70. The Morgan fingerprint density at radius 3 is 2.53 bits per heavy atom. The molecule has 1 aromatic carbocycles. The van der Waals surface area contributed by atoms with E-state index in [1.165, 1.54) is 12.1 Å². The van der Waals surface area contributed by atoms with Crippen molar-refractivity contribution in [1.29, 1.82) is 0 Å². The number of rotatable bonds is 2. The van der Waals surface area contributed by atoms with Gasteiger partial charge in [-0.05, 0) is 24.3 Å². The van der Waals surface area contributed by atoms with Gasteiger partial charge in [-0.3, -0.25) is 10.1 Å². The zero-order valence-corrected chi connectivity index (χ0v) is 7.70. The molecular weight excluding hydrogens is 196 g/mol. The van der Waals surface area contributed by atoms with Gasteiger partial charge in [-0.15, -0.1) is 0 Å². The van der Waals surface area contributed by atoms with Crippen LogP contribution in [0.15, 0.2) is 42.7 Å². The summed E-state index contributed by atoms with van der Waals surface area (Å²) in [6.07, 6.45) is 3.42. The fourth-order valence-electron chi connectivity index (χ4n) is 1.37. The van der Waals surface area contributed by atoms with Crippen molar-refractivity contribution in [1.82, 2.24) is 4.57 Å². The van der Waals surface area contributed by atoms with Crippen LogP contribution in [0.2, 0.25) is 0 Å². The van der Waals surface area contributed by atoms with Crippen LogP contribution in [-0.4, -0.2) is 14.6 Å². The Morgan fingerprint density at radius 1 is 1.27 bits per heavy atom. The van der Waals surface area contributed by atoms with Crippen LogP contribution in [0.25, 0.3) is 5.69 Å². The van der Waals surface area contributed by atoms with Gasteiger partial charge in [0, 0.05) is 12.4 Å². The van der Waals surface area contributed by atoms with Crippen LogP contribution >= 0.6 is 0 Å². The van der Waals surface area contributed by atoms with Gasteiger partial charge in [0.05, 0.1) is 11.0 Å². The fourth-order valence-corrected chi connectivity index (χ4v) is 1.37. The molecule has 0 saturated carbocycles. The summed E-state index contributed by atoms with van der Waals surface area (Å²) in [5.41, 5.74) is 0.314. The van der Waals surface area contributed by atoms with Crippen molar-refractivity contribution >= 4 is 5.69 Å². The fraction of sp³-hybridized carbons (Fsp3) is 0. The lowest BCUT2D eigenvalue weighted by Gasteiger charge is -2.04. The molecule has 2 rings (SSSR count). The molecule has 1 heterocycles. The maximum Gasteiger partial charge on any atom is 0.296 e. The molecule has 5 heteroatoms. The second kappa shape index (κ2) is 3.45. The number of aromatic hydroxyl groups is 1. The van der Waals surface area contributed by atoms with Gasteiger partial charge >= 0.3 is 0 Å². The molecule has 1 N–H and O–H groups in total. The van der Waals surface area contributed by atoms with Gasteiger partial charge in [0.25, 0.3) is 5.69 Å². The number of nitro groups is 1. The molecule has 0 saturated heterocycles. The van der Waals surface area contributed by atoms with Crippen LogP contribution in [0.5, 0.6) is 5.75 Å². The molecule has 15 heavy (non-hydrogen) atoms. The Bertz CT molecular complexity index is 491. The first-order valence-corrected chi connectivity index (χ1v) is 4.29. The third-order valence-electron chi connectivity index (χ3n) is 2.04. The number of benzene rings is 1. The molecule has 0 aliphatic rings. The number of nitro benzene ring substituents is 1. The van der Waals surface area contributed by atoms with E-state index in [-0.39, 0.29) is 11.4 Å². The molecule has 0 fully saturated rings. The van der Waals surface area contributed by atoms with E-state index >= 15 is 0 Å². The van der Waals surface area contributed by atoms with Crippen molar-refractivity contribution in [3.8, 4) is 11.4 Å². The zero-order valence-electron chi connectivity index (χ0n) is 7.70. The maximum atomic E-state index is 10.8. The molecule has 5 nitrogen and oxygen atoms in total. The highest BCUT2D eigenvalue weighted by Gasteiger charge is 2.15. The first kappa shape index (κ1) is 9.26. The first-order valence-electron chi connectivity index (χ1n) is 4.29. The van der Waals surface area contributed by atoms with Gasteiger partial charge < -0.3 is 9.67 Å². The smallest absolute Gasteiger partial charge is 0.296 e. The topological polar surface area (TPSA) is 68.3 Å². The number of phenolic OH excluding ortho intramolecular Hbond substituents is 1. The quantitative estimate of drug-likeness (QED) is 0.601. The Balaban J connectivity index is 2.61. The number of aromatic nitrogens is 1. The van der Waals surface area contributed by atoms with E-state index in [0.29, 0.717) is 5.69 Å². The minimum absolute atomic E-state index is 0.113. The van der Waals surface area contributed by atoms with Gasteiger partial charge in [-0.1, -0.05) is 0 Å². The summed E-state index contributed by atoms with van der Waals surface area (Å²) in [6, 6.07) is 7.61. The van der Waals surface area contributed by atoms with Crippen LogP contribution in [0.1, 0.15) is 0 Å². The highest BCUT2D eigenvalue weighted by atomic mass is 16.6. The lowest BCUT2D eigenvalue weighted by molar-refractivity contribution is -0.384. The molecule has 1 aromatic heterocycles. The minimum atomic E-state index is -0.519. The summed E-state index contributed by atoms with van der Waals surface area (Å²) in [7, 11) is 0. The average molecular weight is 204 g/mol. The SMILES string of the molecule is O=[N+]([O-])c1cc(O)ccc1-n1cccc1. The molecule has 0 atom stereocenters. The van der Waals surface area contributed by atoms with Crippen LogP contribution in [0.4, 0.5) is 5.69 Å². The highest BCUT2D eigenvalue weighted by molar-refractivity contribution is 5.55. The third kappa shape index (κ3) is 1.67. The molecule has 0 bridgehead atoms. The summed E-state index contributed by atoms with van der Waals surface area (Å²) in [5, 5.41) is 19.9. The van der Waals surface area contributed by atoms with Crippen molar-refractivity contribution in [2.45, 2.75) is 0 Å². The molecule has 76 valence electrons. The van der Waals surface area contributed by atoms with Gasteiger partial charge in [-0.25, -0.2) is 0 Å².